The number of methoxy groups -OCH3 is 1. The Bertz CT molecular complexity index is 1930. The van der Waals surface area contributed by atoms with Gasteiger partial charge in [-0.25, -0.2) is 4.98 Å². The monoisotopic (exact) mass is 743 g/mol. The Morgan fingerprint density at radius 2 is 1.92 bits per heavy atom. The average molecular weight is 745 g/mol. The predicted octanol–water partition coefficient (Wildman–Crippen LogP) is 6.79. The Balaban J connectivity index is 1.16. The van der Waals surface area contributed by atoms with Crippen LogP contribution in [0, 0.1) is 0 Å². The minimum absolute atomic E-state index is 0.0130. The lowest BCUT2D eigenvalue weighted by Gasteiger charge is -2.26. The van der Waals surface area contributed by atoms with Crippen LogP contribution in [0.1, 0.15) is 53.3 Å². The van der Waals surface area contributed by atoms with Crippen molar-refractivity contribution in [3.8, 4) is 28.1 Å². The third-order valence-corrected chi connectivity index (χ3v) is 10.0. The molecular weight excluding hydrogens is 706 g/mol. The van der Waals surface area contributed by atoms with E-state index < -0.39 is 18.5 Å². The van der Waals surface area contributed by atoms with Gasteiger partial charge >= 0.3 is 6.18 Å². The molecule has 1 atom stereocenters. The Labute approximate surface area is 303 Å². The smallest absolute Gasteiger partial charge is 0.389 e. The van der Waals surface area contributed by atoms with Gasteiger partial charge in [0.05, 0.1) is 34.2 Å². The first kappa shape index (κ1) is 36.6. The molecule has 1 fully saturated rings. The second kappa shape index (κ2) is 15.6. The molecule has 2 aromatic heterocycles. The van der Waals surface area contributed by atoms with Crippen molar-refractivity contribution in [2.45, 2.75) is 57.4 Å². The molecule has 2 aliphatic rings. The van der Waals surface area contributed by atoms with E-state index in [1.54, 1.807) is 49.2 Å². The quantitative estimate of drug-likeness (QED) is 0.147. The molecule has 2 aliphatic heterocycles. The normalized spacial score (nSPS) is 16.2. The number of halogens is 5. The number of rotatable bonds is 12. The summed E-state index contributed by atoms with van der Waals surface area (Å²) in [6.45, 7) is 2.48. The summed E-state index contributed by atoms with van der Waals surface area (Å²) in [7, 11) is 3.36. The number of imidazole rings is 1. The molecule has 51 heavy (non-hydrogen) atoms. The summed E-state index contributed by atoms with van der Waals surface area (Å²) in [6, 6.07) is 12.9. The highest BCUT2D eigenvalue weighted by Crippen LogP contribution is 2.41. The zero-order valence-corrected chi connectivity index (χ0v) is 29.7. The van der Waals surface area contributed by atoms with Gasteiger partial charge in [0.2, 0.25) is 5.91 Å². The second-order valence-electron chi connectivity index (χ2n) is 12.7. The van der Waals surface area contributed by atoms with Crippen molar-refractivity contribution in [2.24, 2.45) is 7.05 Å². The number of anilines is 1. The predicted molar refractivity (Wildman–Crippen MR) is 190 cm³/mol. The highest BCUT2D eigenvalue weighted by molar-refractivity contribution is 6.39. The largest absolute Gasteiger partial charge is 0.496 e. The number of nitrogens with one attached hydrogen (secondary N) is 3. The van der Waals surface area contributed by atoms with Gasteiger partial charge in [-0.05, 0) is 37.6 Å². The minimum atomic E-state index is -4.18. The van der Waals surface area contributed by atoms with Gasteiger partial charge < -0.3 is 25.3 Å². The summed E-state index contributed by atoms with van der Waals surface area (Å²) in [6.07, 6.45) is -1.42. The van der Waals surface area contributed by atoms with Crippen LogP contribution in [-0.2, 0) is 31.4 Å². The van der Waals surface area contributed by atoms with Gasteiger partial charge in [0.1, 0.15) is 5.75 Å². The molecule has 3 N–H and O–H groups in total. The maximum absolute atomic E-state index is 13.5. The van der Waals surface area contributed by atoms with Crippen LogP contribution in [0.25, 0.3) is 22.4 Å². The van der Waals surface area contributed by atoms with E-state index >= 15 is 0 Å². The SMILES string of the molecule is COc1cc(-c2nccc(-c3cccc(NC(=O)c4nc5c(n4C)CCN(CCCC(F)(F)F)C5)c3Cl)c2Cl)ccc1CNCC1CCC(=O)N1. The second-order valence-corrected chi connectivity index (χ2v) is 13.5. The zero-order chi connectivity index (χ0) is 36.3. The molecule has 0 bridgehead atoms. The van der Waals surface area contributed by atoms with Gasteiger partial charge in [-0.15, -0.1) is 0 Å². The van der Waals surface area contributed by atoms with Crippen molar-refractivity contribution in [3.63, 3.8) is 0 Å². The Morgan fingerprint density at radius 3 is 2.67 bits per heavy atom. The van der Waals surface area contributed by atoms with Gasteiger partial charge in [-0.3, -0.25) is 19.5 Å². The summed E-state index contributed by atoms with van der Waals surface area (Å²) in [4.78, 5) is 36.0. The molecular formula is C36H38Cl2F3N7O3. The van der Waals surface area contributed by atoms with Gasteiger partial charge in [0.15, 0.2) is 5.82 Å². The van der Waals surface area contributed by atoms with Gasteiger partial charge in [0, 0.05) is 92.7 Å². The summed E-state index contributed by atoms with van der Waals surface area (Å²) in [5.74, 6) is 0.452. The first-order valence-electron chi connectivity index (χ1n) is 16.7. The number of benzene rings is 2. The molecule has 0 radical (unpaired) electrons. The van der Waals surface area contributed by atoms with Gasteiger partial charge in [0.25, 0.3) is 5.91 Å². The summed E-state index contributed by atoms with van der Waals surface area (Å²) in [5.41, 5.74) is 5.32. The lowest BCUT2D eigenvalue weighted by Crippen LogP contribution is -2.35. The highest BCUT2D eigenvalue weighted by atomic mass is 35.5. The first-order chi connectivity index (χ1) is 24.4. The third-order valence-electron chi connectivity index (χ3n) is 9.25. The van der Waals surface area contributed by atoms with E-state index in [-0.39, 0.29) is 29.2 Å². The minimum Gasteiger partial charge on any atom is -0.496 e. The van der Waals surface area contributed by atoms with Crippen molar-refractivity contribution in [1.82, 2.24) is 30.1 Å². The van der Waals surface area contributed by atoms with Crippen molar-refractivity contribution in [3.05, 3.63) is 81.5 Å². The van der Waals surface area contributed by atoms with Crippen LogP contribution in [0.5, 0.6) is 5.75 Å². The molecule has 0 saturated carbocycles. The van der Waals surface area contributed by atoms with Gasteiger partial charge in [-0.2, -0.15) is 13.2 Å². The van der Waals surface area contributed by atoms with Crippen LogP contribution in [0.4, 0.5) is 18.9 Å². The maximum Gasteiger partial charge on any atom is 0.389 e. The molecule has 4 heterocycles. The number of hydrogen-bond donors (Lipinski definition) is 3. The Morgan fingerprint density at radius 1 is 1.12 bits per heavy atom. The molecule has 0 aliphatic carbocycles. The number of carbonyl (C=O) groups excluding carboxylic acids is 2. The summed E-state index contributed by atoms with van der Waals surface area (Å²) in [5, 5.41) is 9.86. The molecule has 2 aromatic carbocycles. The van der Waals surface area contributed by atoms with Crippen molar-refractivity contribution in [2.75, 3.05) is 32.1 Å². The molecule has 0 spiro atoms. The molecule has 15 heteroatoms. The Kier molecular flexibility index (Phi) is 11.2. The van der Waals surface area contributed by atoms with Crippen LogP contribution in [0.3, 0.4) is 0 Å². The maximum atomic E-state index is 13.5. The number of fused-ring (bicyclic) bond motifs is 1. The summed E-state index contributed by atoms with van der Waals surface area (Å²) < 4.78 is 45.3. The molecule has 4 aromatic rings. The molecule has 1 unspecified atom stereocenters. The standard InChI is InChI=1S/C36H38Cl2F3N7O3/c1-47-28-12-16-48(15-4-13-36(39,40)41)20-27(28)45-34(47)35(50)46-26-6-3-5-24(31(26)37)25-11-14-43-33(32(25)38)21-7-8-22(29(17-21)51-2)18-42-19-23-9-10-30(49)44-23/h3,5-8,11,14,17,23,42H,4,9-10,12-13,15-16,18-20H2,1-2H3,(H,44,49)(H,46,50). The molecule has 2 amide bonds. The van der Waals surface area contributed by atoms with Crippen LogP contribution in [-0.4, -0.2) is 70.2 Å². The third kappa shape index (κ3) is 8.49. The van der Waals surface area contributed by atoms with E-state index in [0.717, 1.165) is 23.2 Å². The fourth-order valence-electron chi connectivity index (χ4n) is 6.60. The topological polar surface area (TPSA) is 113 Å². The number of aromatic nitrogens is 3. The van der Waals surface area contributed by atoms with E-state index in [1.165, 1.54) is 0 Å². The highest BCUT2D eigenvalue weighted by Gasteiger charge is 2.29. The first-order valence-corrected chi connectivity index (χ1v) is 17.4. The van der Waals surface area contributed by atoms with Crippen molar-refractivity contribution < 1.29 is 27.5 Å². The van der Waals surface area contributed by atoms with Crippen LogP contribution in [0.2, 0.25) is 10.0 Å². The summed E-state index contributed by atoms with van der Waals surface area (Å²) >= 11 is 13.9. The molecule has 1 saturated heterocycles. The van der Waals surface area contributed by atoms with Crippen molar-refractivity contribution in [1.29, 1.82) is 0 Å². The number of pyridine rings is 1. The lowest BCUT2D eigenvalue weighted by molar-refractivity contribution is -0.136. The van der Waals surface area contributed by atoms with Crippen LogP contribution in [0.15, 0.2) is 48.7 Å². The zero-order valence-electron chi connectivity index (χ0n) is 28.2. The Hall–Kier alpha value is -4.17. The van der Waals surface area contributed by atoms with E-state index in [0.29, 0.717) is 84.5 Å². The number of amides is 2. The molecule has 270 valence electrons. The average Bonchev–Trinajstić information content (AvgIpc) is 3.67. The van der Waals surface area contributed by atoms with E-state index in [9.17, 15) is 22.8 Å². The molecule has 6 rings (SSSR count). The fraction of sp³-hybridized carbons (Fsp3) is 0.389. The van der Waals surface area contributed by atoms with E-state index in [4.69, 9.17) is 27.9 Å². The molecule has 10 nitrogen and oxygen atoms in total. The van der Waals surface area contributed by atoms with E-state index in [2.05, 4.69) is 25.9 Å². The van der Waals surface area contributed by atoms with Crippen molar-refractivity contribution >= 4 is 40.7 Å². The fourth-order valence-corrected chi connectivity index (χ4v) is 7.19. The number of alkyl halides is 3. The lowest BCUT2D eigenvalue weighted by atomic mass is 10.0. The van der Waals surface area contributed by atoms with Crippen LogP contribution < -0.4 is 20.7 Å². The van der Waals surface area contributed by atoms with E-state index in [1.807, 2.05) is 23.1 Å². The number of ether oxygens (including phenoxy) is 1. The number of carbonyl (C=O) groups is 2. The number of nitrogens with zero attached hydrogens (tertiary/aromatic N) is 4. The van der Waals surface area contributed by atoms with Crippen LogP contribution >= 0.6 is 23.2 Å². The van der Waals surface area contributed by atoms with Gasteiger partial charge in [-0.1, -0.05) is 47.5 Å². The number of hydrogen-bond acceptors (Lipinski definition) is 7.